The molecule has 102 valence electrons. The molecule has 0 spiro atoms. The molecule has 1 aromatic rings. The fourth-order valence-electron chi connectivity index (χ4n) is 1.20. The van der Waals surface area contributed by atoms with Crippen molar-refractivity contribution in [3.63, 3.8) is 0 Å². The van der Waals surface area contributed by atoms with Crippen LogP contribution in [-0.4, -0.2) is 32.0 Å². The molecule has 0 saturated heterocycles. The molecule has 0 radical (unpaired) electrons. The van der Waals surface area contributed by atoms with Gasteiger partial charge in [0.1, 0.15) is 6.04 Å². The summed E-state index contributed by atoms with van der Waals surface area (Å²) in [6.07, 6.45) is 0. The number of halogens is 1. The van der Waals surface area contributed by atoms with Gasteiger partial charge in [-0.25, -0.2) is 13.4 Å². The first-order valence-electron chi connectivity index (χ1n) is 5.09. The van der Waals surface area contributed by atoms with Gasteiger partial charge < -0.3 is 4.74 Å². The second kappa shape index (κ2) is 5.96. The summed E-state index contributed by atoms with van der Waals surface area (Å²) in [4.78, 5) is 15.2. The lowest BCUT2D eigenvalue weighted by Gasteiger charge is -2.12. The Labute approximate surface area is 114 Å². The molecule has 18 heavy (non-hydrogen) atoms. The molecule has 0 fully saturated rings. The largest absolute Gasteiger partial charge is 0.465 e. The van der Waals surface area contributed by atoms with Crippen LogP contribution < -0.4 is 4.72 Å². The summed E-state index contributed by atoms with van der Waals surface area (Å²) in [5.41, 5.74) is 0.300. The maximum Gasteiger partial charge on any atom is 0.323 e. The van der Waals surface area contributed by atoms with Crippen LogP contribution in [0.25, 0.3) is 0 Å². The number of sulfonamides is 1. The van der Waals surface area contributed by atoms with E-state index in [4.69, 9.17) is 16.3 Å². The van der Waals surface area contributed by atoms with E-state index in [2.05, 4.69) is 9.71 Å². The summed E-state index contributed by atoms with van der Waals surface area (Å²) in [5.74, 6) is -0.630. The Kier molecular flexibility index (Phi) is 5.09. The van der Waals surface area contributed by atoms with Gasteiger partial charge in [0.25, 0.3) is 10.0 Å². The molecule has 0 aromatic carbocycles. The average Bonchev–Trinajstić information content (AvgIpc) is 2.58. The van der Waals surface area contributed by atoms with Gasteiger partial charge in [0.15, 0.2) is 8.68 Å². The van der Waals surface area contributed by atoms with Crippen molar-refractivity contribution >= 4 is 38.9 Å². The number of aromatic nitrogens is 1. The van der Waals surface area contributed by atoms with Crippen molar-refractivity contribution in [1.29, 1.82) is 0 Å². The van der Waals surface area contributed by atoms with E-state index in [0.29, 0.717) is 5.69 Å². The van der Waals surface area contributed by atoms with Crippen LogP contribution in [0.1, 0.15) is 19.5 Å². The highest BCUT2D eigenvalue weighted by molar-refractivity contribution is 7.91. The predicted octanol–water partition coefficient (Wildman–Crippen LogP) is 1.33. The molecule has 1 aromatic heterocycles. The van der Waals surface area contributed by atoms with Crippen molar-refractivity contribution in [2.24, 2.45) is 0 Å². The third kappa shape index (κ3) is 3.64. The van der Waals surface area contributed by atoms with Crippen LogP contribution in [0, 0.1) is 6.92 Å². The minimum atomic E-state index is -3.81. The second-order valence-electron chi connectivity index (χ2n) is 3.43. The maximum absolute atomic E-state index is 12.0. The molecule has 1 rings (SSSR count). The van der Waals surface area contributed by atoms with Gasteiger partial charge in [-0.2, -0.15) is 4.72 Å². The zero-order valence-electron chi connectivity index (χ0n) is 10.1. The van der Waals surface area contributed by atoms with Crippen LogP contribution in [0.2, 0.25) is 4.47 Å². The number of hydrogen-bond acceptors (Lipinski definition) is 6. The van der Waals surface area contributed by atoms with E-state index in [1.807, 2.05) is 0 Å². The minimum absolute atomic E-state index is 0.00338. The quantitative estimate of drug-likeness (QED) is 0.829. The summed E-state index contributed by atoms with van der Waals surface area (Å²) >= 11 is 6.48. The van der Waals surface area contributed by atoms with Crippen LogP contribution in [-0.2, 0) is 19.6 Å². The number of ether oxygens (including phenoxy) is 1. The molecule has 1 unspecified atom stereocenters. The average molecular weight is 313 g/mol. The molecule has 6 nitrogen and oxygen atoms in total. The van der Waals surface area contributed by atoms with E-state index in [1.165, 1.54) is 13.8 Å². The number of rotatable bonds is 5. The van der Waals surface area contributed by atoms with Gasteiger partial charge in [-0.1, -0.05) is 22.9 Å². The van der Waals surface area contributed by atoms with Crippen molar-refractivity contribution in [2.45, 2.75) is 31.0 Å². The lowest BCUT2D eigenvalue weighted by molar-refractivity contribution is -0.144. The zero-order valence-corrected chi connectivity index (χ0v) is 12.4. The Morgan fingerprint density at radius 1 is 1.61 bits per heavy atom. The Balaban J connectivity index is 2.89. The molecule has 1 atom stereocenters. The smallest absolute Gasteiger partial charge is 0.323 e. The minimum Gasteiger partial charge on any atom is -0.465 e. The van der Waals surface area contributed by atoms with Crippen LogP contribution in [0.3, 0.4) is 0 Å². The number of nitrogens with one attached hydrogen (secondary N) is 1. The van der Waals surface area contributed by atoms with E-state index < -0.39 is 22.0 Å². The summed E-state index contributed by atoms with van der Waals surface area (Å²) in [7, 11) is -3.81. The highest BCUT2D eigenvalue weighted by atomic mass is 35.5. The Bertz CT molecular complexity index is 541. The number of nitrogens with zero attached hydrogens (tertiary/aromatic N) is 1. The Morgan fingerprint density at radius 2 is 2.22 bits per heavy atom. The molecule has 1 heterocycles. The third-order valence-corrected chi connectivity index (χ3v) is 5.36. The number of carbonyl (C=O) groups excluding carboxylic acids is 1. The number of thiazole rings is 1. The molecule has 0 bridgehead atoms. The normalized spacial score (nSPS) is 13.3. The standard InChI is InChI=1S/C9H13ClN2O4S2/c1-4-16-7(13)5(2)12-18(14,15)8-6(3)11-9(10)17-8/h5,12H,4H2,1-3H3. The first-order valence-corrected chi connectivity index (χ1v) is 7.77. The van der Waals surface area contributed by atoms with Gasteiger partial charge in [-0.3, -0.25) is 4.79 Å². The molecule has 1 N–H and O–H groups in total. The van der Waals surface area contributed by atoms with Crippen molar-refractivity contribution in [2.75, 3.05) is 6.61 Å². The monoisotopic (exact) mass is 312 g/mol. The first kappa shape index (κ1) is 15.4. The van der Waals surface area contributed by atoms with E-state index in [-0.39, 0.29) is 15.3 Å². The summed E-state index contributed by atoms with van der Waals surface area (Å²) in [6, 6.07) is -0.963. The molecular weight excluding hydrogens is 300 g/mol. The molecule has 9 heteroatoms. The summed E-state index contributed by atoms with van der Waals surface area (Å²) < 4.78 is 31.0. The Morgan fingerprint density at radius 3 is 2.67 bits per heavy atom. The zero-order chi connectivity index (χ0) is 13.9. The SMILES string of the molecule is CCOC(=O)C(C)NS(=O)(=O)c1sc(Cl)nc1C. The Hall–Kier alpha value is -0.700. The fourth-order valence-corrected chi connectivity index (χ4v) is 4.15. The van der Waals surface area contributed by atoms with Gasteiger partial charge in [-0.05, 0) is 20.8 Å². The number of carbonyl (C=O) groups is 1. The lowest BCUT2D eigenvalue weighted by Crippen LogP contribution is -2.39. The van der Waals surface area contributed by atoms with E-state index in [9.17, 15) is 13.2 Å². The van der Waals surface area contributed by atoms with Gasteiger partial charge >= 0.3 is 5.97 Å². The number of aryl methyl sites for hydroxylation is 1. The topological polar surface area (TPSA) is 85.4 Å². The van der Waals surface area contributed by atoms with E-state index >= 15 is 0 Å². The van der Waals surface area contributed by atoms with Crippen LogP contribution in [0.5, 0.6) is 0 Å². The lowest BCUT2D eigenvalue weighted by atomic mass is 10.4. The highest BCUT2D eigenvalue weighted by Crippen LogP contribution is 2.26. The molecular formula is C9H13ClN2O4S2. The maximum atomic E-state index is 12.0. The first-order chi connectivity index (χ1) is 8.27. The third-order valence-electron chi connectivity index (χ3n) is 1.94. The molecule has 0 aliphatic heterocycles. The number of hydrogen-bond donors (Lipinski definition) is 1. The fraction of sp³-hybridized carbons (Fsp3) is 0.556. The van der Waals surface area contributed by atoms with Crippen LogP contribution in [0.15, 0.2) is 4.21 Å². The van der Waals surface area contributed by atoms with Gasteiger partial charge in [-0.15, -0.1) is 0 Å². The van der Waals surface area contributed by atoms with Crippen LogP contribution >= 0.6 is 22.9 Å². The van der Waals surface area contributed by atoms with Crippen molar-refractivity contribution in [3.05, 3.63) is 10.2 Å². The summed E-state index contributed by atoms with van der Waals surface area (Å²) in [5, 5.41) is 0. The number of esters is 1. The van der Waals surface area contributed by atoms with E-state index in [0.717, 1.165) is 11.3 Å². The van der Waals surface area contributed by atoms with E-state index in [1.54, 1.807) is 6.92 Å². The molecule has 0 aliphatic carbocycles. The second-order valence-corrected chi connectivity index (χ2v) is 6.93. The van der Waals surface area contributed by atoms with Crippen LogP contribution in [0.4, 0.5) is 0 Å². The van der Waals surface area contributed by atoms with Crippen molar-refractivity contribution in [3.8, 4) is 0 Å². The molecule has 0 aliphatic rings. The predicted molar refractivity (Wildman–Crippen MR) is 68.3 cm³/mol. The van der Waals surface area contributed by atoms with Crippen molar-refractivity contribution in [1.82, 2.24) is 9.71 Å². The summed E-state index contributed by atoms with van der Waals surface area (Å²) in [6.45, 7) is 4.78. The molecule has 0 amide bonds. The van der Waals surface area contributed by atoms with Gasteiger partial charge in [0.05, 0.1) is 12.3 Å². The van der Waals surface area contributed by atoms with Gasteiger partial charge in [0, 0.05) is 0 Å². The van der Waals surface area contributed by atoms with Crippen molar-refractivity contribution < 1.29 is 17.9 Å². The molecule has 0 saturated carbocycles. The highest BCUT2D eigenvalue weighted by Gasteiger charge is 2.26. The van der Waals surface area contributed by atoms with Gasteiger partial charge in [0.2, 0.25) is 0 Å².